The molecule has 0 spiro atoms. The first-order valence-electron chi connectivity index (χ1n) is 11.1. The molecule has 0 radical (unpaired) electrons. The van der Waals surface area contributed by atoms with Gasteiger partial charge in [0.05, 0.1) is 0 Å². The Kier molecular flexibility index (Phi) is 8.73. The first-order valence-corrected chi connectivity index (χ1v) is 12.6. The molecule has 2 amide bonds. The molecular weight excluding hydrogens is 469 g/mol. The zero-order chi connectivity index (χ0) is 25.4. The highest BCUT2D eigenvalue weighted by Gasteiger charge is 2.27. The first-order chi connectivity index (χ1) is 16.7. The number of hydrogen-bond donors (Lipinski definition) is 3. The molecule has 0 fully saturated rings. The van der Waals surface area contributed by atoms with Crippen LogP contribution in [0.3, 0.4) is 0 Å². The van der Waals surface area contributed by atoms with E-state index in [4.69, 9.17) is 0 Å². The van der Waals surface area contributed by atoms with Crippen LogP contribution in [0.25, 0.3) is 0 Å². The van der Waals surface area contributed by atoms with Crippen LogP contribution < -0.4 is 15.4 Å². The highest BCUT2D eigenvalue weighted by molar-refractivity contribution is 7.89. The number of carbonyl (C=O) groups excluding carboxylic acids is 2. The highest BCUT2D eigenvalue weighted by Crippen LogP contribution is 2.16. The van der Waals surface area contributed by atoms with Crippen molar-refractivity contribution in [3.05, 3.63) is 95.8 Å². The number of halogens is 1. The Balaban J connectivity index is 1.72. The van der Waals surface area contributed by atoms with Gasteiger partial charge in [-0.25, -0.2) is 12.8 Å². The molecule has 3 rings (SSSR count). The molecule has 35 heavy (non-hydrogen) atoms. The number of rotatable bonds is 10. The van der Waals surface area contributed by atoms with Gasteiger partial charge in [0.25, 0.3) is 0 Å². The second-order valence-corrected chi connectivity index (χ2v) is 10.0. The van der Waals surface area contributed by atoms with Gasteiger partial charge in [0.1, 0.15) is 16.8 Å². The minimum absolute atomic E-state index is 0.0839. The Morgan fingerprint density at radius 1 is 0.829 bits per heavy atom. The molecule has 3 aromatic rings. The predicted octanol–water partition coefficient (Wildman–Crippen LogP) is 3.63. The number of sulfonamides is 1. The third-order valence-corrected chi connectivity index (χ3v) is 6.74. The van der Waals surface area contributed by atoms with Gasteiger partial charge in [0.2, 0.25) is 21.8 Å². The van der Waals surface area contributed by atoms with Gasteiger partial charge < -0.3 is 10.6 Å². The molecule has 9 heteroatoms. The normalized spacial score (nSPS) is 12.2. The number of anilines is 1. The number of amides is 2. The summed E-state index contributed by atoms with van der Waals surface area (Å²) >= 11 is 0. The summed E-state index contributed by atoms with van der Waals surface area (Å²) in [6.45, 7) is 3.74. The fourth-order valence-electron chi connectivity index (χ4n) is 3.26. The van der Waals surface area contributed by atoms with E-state index in [1.807, 2.05) is 6.07 Å². The lowest BCUT2D eigenvalue weighted by molar-refractivity contribution is -0.123. The average Bonchev–Trinajstić information content (AvgIpc) is 2.83. The molecule has 0 bridgehead atoms. The van der Waals surface area contributed by atoms with Crippen molar-refractivity contribution in [2.75, 3.05) is 5.32 Å². The fourth-order valence-corrected chi connectivity index (χ4v) is 4.53. The molecule has 0 aromatic heterocycles. The van der Waals surface area contributed by atoms with Gasteiger partial charge in [-0.2, -0.15) is 4.72 Å². The minimum Gasteiger partial charge on any atom is -0.351 e. The van der Waals surface area contributed by atoms with Gasteiger partial charge in [-0.1, -0.05) is 68.4 Å². The number of nitrogens with one attached hydrogen (secondary N) is 3. The van der Waals surface area contributed by atoms with Crippen LogP contribution in [0.2, 0.25) is 0 Å². The minimum atomic E-state index is -4.29. The fraction of sp³-hybridized carbons (Fsp3) is 0.231. The van der Waals surface area contributed by atoms with E-state index >= 15 is 0 Å². The molecule has 0 saturated carbocycles. The second-order valence-electron chi connectivity index (χ2n) is 8.35. The van der Waals surface area contributed by atoms with Crippen molar-refractivity contribution in [3.63, 3.8) is 0 Å². The molecule has 0 aliphatic rings. The first kappa shape index (κ1) is 26.1. The Hall–Kier alpha value is -3.56. The van der Waals surface area contributed by atoms with Gasteiger partial charge in [0.15, 0.2) is 0 Å². The summed E-state index contributed by atoms with van der Waals surface area (Å²) in [6.07, 6.45) is 0.0839. The van der Waals surface area contributed by atoms with Gasteiger partial charge >= 0.3 is 0 Å². The summed E-state index contributed by atoms with van der Waals surface area (Å²) in [7, 11) is -4.29. The summed E-state index contributed by atoms with van der Waals surface area (Å²) in [5.41, 5.74) is 2.14. The molecule has 0 heterocycles. The van der Waals surface area contributed by atoms with Gasteiger partial charge in [-0.3, -0.25) is 9.59 Å². The van der Waals surface area contributed by atoms with Crippen LogP contribution in [0.15, 0.2) is 83.8 Å². The third kappa shape index (κ3) is 7.46. The average molecular weight is 498 g/mol. The van der Waals surface area contributed by atoms with Crippen molar-refractivity contribution in [1.29, 1.82) is 0 Å². The third-order valence-electron chi connectivity index (χ3n) is 5.24. The van der Waals surface area contributed by atoms with Gasteiger partial charge in [-0.15, -0.1) is 0 Å². The monoisotopic (exact) mass is 497 g/mol. The van der Waals surface area contributed by atoms with Crippen LogP contribution in [0.1, 0.15) is 25.0 Å². The molecule has 0 aliphatic carbocycles. The number of carbonyl (C=O) groups is 2. The van der Waals surface area contributed by atoms with Crippen LogP contribution in [0.5, 0.6) is 0 Å². The maximum Gasteiger partial charge on any atom is 0.244 e. The molecular formula is C26H28FN3O4S. The van der Waals surface area contributed by atoms with Crippen LogP contribution in [-0.2, 0) is 32.6 Å². The Labute approximate surface area is 204 Å². The Morgan fingerprint density at radius 2 is 1.46 bits per heavy atom. The maximum absolute atomic E-state index is 14.1. The van der Waals surface area contributed by atoms with E-state index in [1.165, 1.54) is 12.1 Å². The SMILES string of the molecule is CC(C)C(=O)Nc1ccc(CNC(=O)C(Cc2ccccc2)NS(=O)(=O)c2ccccc2F)cc1. The summed E-state index contributed by atoms with van der Waals surface area (Å²) in [4.78, 5) is 24.3. The maximum atomic E-state index is 14.1. The molecule has 184 valence electrons. The molecule has 3 N–H and O–H groups in total. The zero-order valence-electron chi connectivity index (χ0n) is 19.5. The number of hydrogen-bond acceptors (Lipinski definition) is 4. The van der Waals surface area contributed by atoms with E-state index in [0.29, 0.717) is 5.69 Å². The van der Waals surface area contributed by atoms with Crippen molar-refractivity contribution < 1.29 is 22.4 Å². The topological polar surface area (TPSA) is 104 Å². The van der Waals surface area contributed by atoms with E-state index in [0.717, 1.165) is 23.3 Å². The predicted molar refractivity (Wildman–Crippen MR) is 132 cm³/mol. The summed E-state index contributed by atoms with van der Waals surface area (Å²) in [5.74, 6) is -1.70. The van der Waals surface area contributed by atoms with Crippen LogP contribution in [0.4, 0.5) is 10.1 Å². The lowest BCUT2D eigenvalue weighted by Gasteiger charge is -2.19. The lowest BCUT2D eigenvalue weighted by Crippen LogP contribution is -2.47. The summed E-state index contributed by atoms with van der Waals surface area (Å²) < 4.78 is 42.2. The van der Waals surface area contributed by atoms with Crippen LogP contribution >= 0.6 is 0 Å². The van der Waals surface area contributed by atoms with E-state index in [2.05, 4.69) is 15.4 Å². The van der Waals surface area contributed by atoms with Crippen molar-refractivity contribution in [2.45, 2.75) is 37.8 Å². The number of benzene rings is 3. The highest BCUT2D eigenvalue weighted by atomic mass is 32.2. The molecule has 0 saturated heterocycles. The standard InChI is InChI=1S/C26H28FN3O4S/c1-18(2)25(31)29-21-14-12-20(13-15-21)17-28-26(32)23(16-19-8-4-3-5-9-19)30-35(33,34)24-11-7-6-10-22(24)27/h3-15,18,23,30H,16-17H2,1-2H3,(H,28,32)(H,29,31). The van der Waals surface area contributed by atoms with Crippen LogP contribution in [-0.4, -0.2) is 26.3 Å². The smallest absolute Gasteiger partial charge is 0.244 e. The largest absolute Gasteiger partial charge is 0.351 e. The molecule has 0 aliphatic heterocycles. The lowest BCUT2D eigenvalue weighted by atomic mass is 10.1. The molecule has 1 unspecified atom stereocenters. The van der Waals surface area contributed by atoms with Crippen molar-refractivity contribution in [2.24, 2.45) is 5.92 Å². The quantitative estimate of drug-likeness (QED) is 0.398. The van der Waals surface area contributed by atoms with E-state index < -0.39 is 32.7 Å². The molecule has 3 aromatic carbocycles. The van der Waals surface area contributed by atoms with E-state index in [1.54, 1.807) is 62.4 Å². The van der Waals surface area contributed by atoms with E-state index in [-0.39, 0.29) is 24.8 Å². The van der Waals surface area contributed by atoms with Crippen molar-refractivity contribution in [3.8, 4) is 0 Å². The summed E-state index contributed by atoms with van der Waals surface area (Å²) in [5, 5.41) is 5.53. The second kappa shape index (κ2) is 11.7. The van der Waals surface area contributed by atoms with Crippen molar-refractivity contribution >= 4 is 27.5 Å². The van der Waals surface area contributed by atoms with E-state index in [9.17, 15) is 22.4 Å². The summed E-state index contributed by atoms with van der Waals surface area (Å²) in [6, 6.07) is 19.8. The van der Waals surface area contributed by atoms with Gasteiger partial charge in [0, 0.05) is 18.2 Å². The van der Waals surface area contributed by atoms with Crippen LogP contribution in [0, 0.1) is 11.7 Å². The van der Waals surface area contributed by atoms with Crippen molar-refractivity contribution in [1.82, 2.24) is 10.0 Å². The Bertz CT molecular complexity index is 1260. The molecule has 7 nitrogen and oxygen atoms in total. The zero-order valence-corrected chi connectivity index (χ0v) is 20.3. The van der Waals surface area contributed by atoms with Gasteiger partial charge in [-0.05, 0) is 41.8 Å². The Morgan fingerprint density at radius 3 is 2.09 bits per heavy atom. The molecule has 1 atom stereocenters.